The molecule has 0 aliphatic carbocycles. The van der Waals surface area contributed by atoms with Gasteiger partial charge in [0.25, 0.3) is 0 Å². The Balaban J connectivity index is 3.40. The summed E-state index contributed by atoms with van der Waals surface area (Å²) in [5, 5.41) is 33.7. The largest absolute Gasteiger partial charge is 0.394 e. The van der Waals surface area contributed by atoms with Crippen molar-refractivity contribution in [2.24, 2.45) is 0 Å². The molecule has 0 aliphatic rings. The minimum Gasteiger partial charge on any atom is -0.394 e. The maximum absolute atomic E-state index is 12.5. The predicted molar refractivity (Wildman–Crippen MR) is 278 cm³/mol. The van der Waals surface area contributed by atoms with Crippen LogP contribution in [0.3, 0.4) is 0 Å². The van der Waals surface area contributed by atoms with Gasteiger partial charge in [0, 0.05) is 6.42 Å². The Bertz CT molecular complexity index is 853. The van der Waals surface area contributed by atoms with Gasteiger partial charge in [0.2, 0.25) is 5.91 Å². The van der Waals surface area contributed by atoms with Gasteiger partial charge >= 0.3 is 0 Å². The molecule has 63 heavy (non-hydrogen) atoms. The van der Waals surface area contributed by atoms with Crippen molar-refractivity contribution in [3.05, 3.63) is 0 Å². The van der Waals surface area contributed by atoms with Crippen molar-refractivity contribution in [3.63, 3.8) is 0 Å². The van der Waals surface area contributed by atoms with Crippen molar-refractivity contribution in [2.45, 2.75) is 360 Å². The minimum atomic E-state index is -1.13. The van der Waals surface area contributed by atoms with Gasteiger partial charge < -0.3 is 20.6 Å². The fraction of sp³-hybridized carbons (Fsp3) is 0.983. The summed E-state index contributed by atoms with van der Waals surface area (Å²) in [4.78, 5) is 12.5. The van der Waals surface area contributed by atoms with Gasteiger partial charge in [-0.1, -0.05) is 322 Å². The Morgan fingerprint density at radius 1 is 0.333 bits per heavy atom. The lowest BCUT2D eigenvalue weighted by atomic mass is 9.99. The number of amides is 1. The van der Waals surface area contributed by atoms with Gasteiger partial charge in [-0.25, -0.2) is 0 Å². The zero-order valence-electron chi connectivity index (χ0n) is 43.3. The highest BCUT2D eigenvalue weighted by molar-refractivity contribution is 5.76. The lowest BCUT2D eigenvalue weighted by Crippen LogP contribution is -2.50. The van der Waals surface area contributed by atoms with Crippen LogP contribution in [0.2, 0.25) is 0 Å². The van der Waals surface area contributed by atoms with Crippen LogP contribution < -0.4 is 5.32 Å². The van der Waals surface area contributed by atoms with Crippen molar-refractivity contribution in [1.29, 1.82) is 0 Å². The maximum Gasteiger partial charge on any atom is 0.220 e. The summed E-state index contributed by atoms with van der Waals surface area (Å²) in [6.45, 7) is 4.22. The molecule has 0 aromatic rings. The number of unbranched alkanes of at least 4 members (excludes halogenated alkanes) is 47. The second-order valence-corrected chi connectivity index (χ2v) is 20.6. The van der Waals surface area contributed by atoms with Gasteiger partial charge in [-0.2, -0.15) is 0 Å². The number of hydrogen-bond donors (Lipinski definition) is 4. The van der Waals surface area contributed by atoms with E-state index < -0.39 is 18.2 Å². The molecule has 0 bridgehead atoms. The molecule has 0 rings (SSSR count). The van der Waals surface area contributed by atoms with Gasteiger partial charge in [-0.05, 0) is 12.8 Å². The summed E-state index contributed by atoms with van der Waals surface area (Å²) in [7, 11) is 0. The smallest absolute Gasteiger partial charge is 0.220 e. The van der Waals surface area contributed by atoms with Crippen molar-refractivity contribution in [2.75, 3.05) is 6.61 Å². The first-order chi connectivity index (χ1) is 31.1. The summed E-state index contributed by atoms with van der Waals surface area (Å²) in [6, 6.07) is -0.804. The molecule has 0 saturated heterocycles. The standard InChI is InChI=1S/C58H117NO4/c1-3-5-7-9-11-13-15-17-19-20-21-22-23-24-25-26-27-28-29-30-31-32-33-34-35-36-37-38-39-41-43-45-47-49-51-53-57(62)59-55(54-60)58(63)56(61)52-50-48-46-44-42-40-18-16-14-12-10-8-6-4-2/h55-56,58,60-61,63H,3-54H2,1-2H3,(H,59,62)/t55-,56+,58-/m0/s1. The monoisotopic (exact) mass is 892 g/mol. The highest BCUT2D eigenvalue weighted by atomic mass is 16.3. The zero-order valence-corrected chi connectivity index (χ0v) is 43.3. The molecule has 0 aromatic carbocycles. The first-order valence-corrected chi connectivity index (χ1v) is 29.3. The van der Waals surface area contributed by atoms with E-state index >= 15 is 0 Å². The molecule has 0 heterocycles. The van der Waals surface area contributed by atoms with Crippen molar-refractivity contribution in [1.82, 2.24) is 5.32 Å². The number of rotatable bonds is 55. The highest BCUT2D eigenvalue weighted by Crippen LogP contribution is 2.19. The van der Waals surface area contributed by atoms with Crippen LogP contribution in [0.1, 0.15) is 341 Å². The van der Waals surface area contributed by atoms with Crippen LogP contribution in [0.15, 0.2) is 0 Å². The molecule has 378 valence electrons. The molecule has 0 unspecified atom stereocenters. The molecule has 1 amide bonds. The summed E-state index contributed by atoms with van der Waals surface area (Å²) < 4.78 is 0. The summed E-state index contributed by atoms with van der Waals surface area (Å²) in [6.07, 6.45) is 65.7. The normalized spacial score (nSPS) is 13.2. The molecule has 0 aromatic heterocycles. The number of hydrogen-bond acceptors (Lipinski definition) is 4. The van der Waals surface area contributed by atoms with Gasteiger partial charge in [-0.3, -0.25) is 4.79 Å². The first-order valence-electron chi connectivity index (χ1n) is 29.3. The molecule has 5 heteroatoms. The second kappa shape index (κ2) is 54.0. The van der Waals surface area contributed by atoms with Crippen LogP contribution in [0.5, 0.6) is 0 Å². The Kier molecular flexibility index (Phi) is 53.4. The van der Waals surface area contributed by atoms with Crippen LogP contribution in [0, 0.1) is 0 Å². The van der Waals surface area contributed by atoms with Crippen molar-refractivity contribution >= 4 is 5.91 Å². The third kappa shape index (κ3) is 49.1. The van der Waals surface area contributed by atoms with E-state index in [4.69, 9.17) is 0 Å². The minimum absolute atomic E-state index is 0.136. The highest BCUT2D eigenvalue weighted by Gasteiger charge is 2.26. The summed E-state index contributed by atoms with van der Waals surface area (Å²) >= 11 is 0. The molecule has 0 spiro atoms. The first kappa shape index (κ1) is 62.4. The van der Waals surface area contributed by atoms with Crippen LogP contribution in [0.25, 0.3) is 0 Å². The second-order valence-electron chi connectivity index (χ2n) is 20.6. The Hall–Kier alpha value is -0.650. The third-order valence-corrected chi connectivity index (χ3v) is 14.2. The van der Waals surface area contributed by atoms with Crippen molar-refractivity contribution in [3.8, 4) is 0 Å². The molecule has 0 radical (unpaired) electrons. The molecule has 0 fully saturated rings. The SMILES string of the molecule is CCCCCCCCCCCCCCCCCCCCCCCCCCCCCCCCCCCCCC(=O)N[C@@H](CO)[C@H](O)[C@H](O)CCCCCCCCCCCCCCCC. The number of aliphatic hydroxyl groups excluding tert-OH is 3. The average Bonchev–Trinajstić information content (AvgIpc) is 3.29. The fourth-order valence-corrected chi connectivity index (χ4v) is 9.70. The summed E-state index contributed by atoms with van der Waals surface area (Å²) in [5.41, 5.74) is 0. The molecule has 4 N–H and O–H groups in total. The third-order valence-electron chi connectivity index (χ3n) is 14.2. The molecule has 0 saturated carbocycles. The Morgan fingerprint density at radius 3 is 0.762 bits per heavy atom. The number of carbonyl (C=O) groups is 1. The fourth-order valence-electron chi connectivity index (χ4n) is 9.70. The maximum atomic E-state index is 12.5. The lowest BCUT2D eigenvalue weighted by molar-refractivity contribution is -0.124. The molecular weight excluding hydrogens is 775 g/mol. The number of aliphatic hydroxyl groups is 3. The summed E-state index contributed by atoms with van der Waals surface area (Å²) in [5.74, 6) is -0.136. The molecule has 3 atom stereocenters. The van der Waals surface area contributed by atoms with E-state index in [0.717, 1.165) is 32.1 Å². The quantitative estimate of drug-likeness (QED) is 0.0458. The molecular formula is C58H117NO4. The van der Waals surface area contributed by atoms with Gasteiger partial charge in [-0.15, -0.1) is 0 Å². The van der Waals surface area contributed by atoms with Gasteiger partial charge in [0.05, 0.1) is 18.8 Å². The van der Waals surface area contributed by atoms with Crippen LogP contribution in [-0.4, -0.2) is 46.1 Å². The predicted octanol–water partition coefficient (Wildman–Crippen LogP) is 18.1. The van der Waals surface area contributed by atoms with E-state index in [9.17, 15) is 20.1 Å². The van der Waals surface area contributed by atoms with E-state index in [1.54, 1.807) is 0 Å². The van der Waals surface area contributed by atoms with E-state index in [1.165, 1.54) is 283 Å². The van der Waals surface area contributed by atoms with Crippen LogP contribution in [0.4, 0.5) is 0 Å². The number of carbonyl (C=O) groups excluding carboxylic acids is 1. The zero-order chi connectivity index (χ0) is 45.8. The van der Waals surface area contributed by atoms with Gasteiger partial charge in [0.15, 0.2) is 0 Å². The molecule has 5 nitrogen and oxygen atoms in total. The number of nitrogens with one attached hydrogen (secondary N) is 1. The van der Waals surface area contributed by atoms with Crippen LogP contribution in [-0.2, 0) is 4.79 Å². The van der Waals surface area contributed by atoms with Crippen LogP contribution >= 0.6 is 0 Å². The topological polar surface area (TPSA) is 89.8 Å². The average molecular weight is 893 g/mol. The van der Waals surface area contributed by atoms with Gasteiger partial charge in [0.1, 0.15) is 6.10 Å². The van der Waals surface area contributed by atoms with E-state index in [-0.39, 0.29) is 12.5 Å². The Morgan fingerprint density at radius 2 is 0.540 bits per heavy atom. The van der Waals surface area contributed by atoms with Crippen molar-refractivity contribution < 1.29 is 20.1 Å². The lowest BCUT2D eigenvalue weighted by Gasteiger charge is -2.26. The Labute approximate surface area is 396 Å². The van der Waals surface area contributed by atoms with E-state index in [1.807, 2.05) is 0 Å². The van der Waals surface area contributed by atoms with E-state index in [2.05, 4.69) is 19.2 Å². The molecule has 0 aliphatic heterocycles. The van der Waals surface area contributed by atoms with E-state index in [0.29, 0.717) is 12.8 Å².